The average Bonchev–Trinajstić information content (AvgIpc) is 2.97. The van der Waals surface area contributed by atoms with Crippen molar-refractivity contribution in [3.05, 3.63) is 18.1 Å². The van der Waals surface area contributed by atoms with E-state index in [2.05, 4.69) is 9.97 Å². The molecule has 0 radical (unpaired) electrons. The molecule has 1 unspecified atom stereocenters. The van der Waals surface area contributed by atoms with Crippen LogP contribution in [0.3, 0.4) is 0 Å². The number of carbonyl (C=O) groups excluding carboxylic acids is 1. The SMILES string of the molecule is CS(=O)(=O)N1CCCC(c2cncc(N3CC4(CCCCC4)OC3=O)n2)C1. The van der Waals surface area contributed by atoms with Gasteiger partial charge in [-0.05, 0) is 38.5 Å². The summed E-state index contributed by atoms with van der Waals surface area (Å²) < 4.78 is 31.0. The van der Waals surface area contributed by atoms with Gasteiger partial charge < -0.3 is 4.74 Å². The zero-order valence-corrected chi connectivity index (χ0v) is 16.4. The summed E-state index contributed by atoms with van der Waals surface area (Å²) in [6.45, 7) is 1.47. The van der Waals surface area contributed by atoms with Gasteiger partial charge in [-0.1, -0.05) is 6.42 Å². The zero-order valence-electron chi connectivity index (χ0n) is 15.6. The van der Waals surface area contributed by atoms with Gasteiger partial charge in [0.2, 0.25) is 10.0 Å². The summed E-state index contributed by atoms with van der Waals surface area (Å²) >= 11 is 0. The standard InChI is InChI=1S/C18H26N4O4S/c1-27(24,25)21-9-5-6-14(12-21)15-10-19-11-16(20-15)22-13-18(26-17(22)23)7-3-2-4-8-18/h10-11,14H,2-9,12-13H2,1H3. The molecule has 8 nitrogen and oxygen atoms in total. The minimum atomic E-state index is -3.22. The van der Waals surface area contributed by atoms with Crippen LogP contribution in [0.4, 0.5) is 10.6 Å². The number of piperidine rings is 1. The van der Waals surface area contributed by atoms with Crippen LogP contribution >= 0.6 is 0 Å². The van der Waals surface area contributed by atoms with Gasteiger partial charge in [-0.15, -0.1) is 0 Å². The Kier molecular flexibility index (Phi) is 4.84. The van der Waals surface area contributed by atoms with Crippen molar-refractivity contribution in [3.63, 3.8) is 0 Å². The summed E-state index contributed by atoms with van der Waals surface area (Å²) in [5.41, 5.74) is 0.351. The zero-order chi connectivity index (χ0) is 19.1. The Morgan fingerprint density at radius 1 is 1.19 bits per heavy atom. The maximum atomic E-state index is 12.5. The number of ether oxygens (including phenoxy) is 1. The topological polar surface area (TPSA) is 92.7 Å². The number of aromatic nitrogens is 2. The number of rotatable bonds is 3. The van der Waals surface area contributed by atoms with E-state index >= 15 is 0 Å². The van der Waals surface area contributed by atoms with Crippen LogP contribution in [-0.4, -0.2) is 60.3 Å². The summed E-state index contributed by atoms with van der Waals surface area (Å²) in [5, 5.41) is 0. The lowest BCUT2D eigenvalue weighted by atomic mass is 9.85. The molecule has 1 saturated carbocycles. The van der Waals surface area contributed by atoms with Crippen LogP contribution in [0, 0.1) is 0 Å². The number of hydrogen-bond acceptors (Lipinski definition) is 6. The van der Waals surface area contributed by atoms with Crippen molar-refractivity contribution in [2.75, 3.05) is 30.8 Å². The molecule has 1 aromatic rings. The van der Waals surface area contributed by atoms with E-state index < -0.39 is 10.0 Å². The molecule has 2 aliphatic heterocycles. The molecule has 0 aromatic carbocycles. The fourth-order valence-corrected chi connectivity index (χ4v) is 5.35. The van der Waals surface area contributed by atoms with Crippen molar-refractivity contribution >= 4 is 21.9 Å². The fourth-order valence-electron chi connectivity index (χ4n) is 4.44. The molecule has 27 heavy (non-hydrogen) atoms. The molecule has 9 heteroatoms. The van der Waals surface area contributed by atoms with E-state index in [4.69, 9.17) is 4.74 Å². The molecule has 4 rings (SSSR count). The Morgan fingerprint density at radius 3 is 2.70 bits per heavy atom. The van der Waals surface area contributed by atoms with Crippen LogP contribution in [0.15, 0.2) is 12.4 Å². The number of anilines is 1. The predicted octanol–water partition coefficient (Wildman–Crippen LogP) is 2.28. The maximum absolute atomic E-state index is 12.5. The summed E-state index contributed by atoms with van der Waals surface area (Å²) in [5.74, 6) is 0.486. The maximum Gasteiger partial charge on any atom is 0.416 e. The third kappa shape index (κ3) is 3.80. The minimum absolute atomic E-state index is 0.0109. The van der Waals surface area contributed by atoms with Gasteiger partial charge in [0.25, 0.3) is 0 Å². The molecule has 1 aliphatic carbocycles. The molecule has 3 fully saturated rings. The van der Waals surface area contributed by atoms with Crippen LogP contribution in [0.5, 0.6) is 0 Å². The van der Waals surface area contributed by atoms with Gasteiger partial charge in [0, 0.05) is 25.2 Å². The summed E-state index contributed by atoms with van der Waals surface area (Å²) in [4.78, 5) is 23.0. The molecular weight excluding hydrogens is 368 g/mol. The van der Waals surface area contributed by atoms with Gasteiger partial charge in [-0.3, -0.25) is 9.88 Å². The number of hydrogen-bond donors (Lipinski definition) is 0. The molecule has 0 N–H and O–H groups in total. The lowest BCUT2D eigenvalue weighted by Crippen LogP contribution is -2.39. The monoisotopic (exact) mass is 394 g/mol. The van der Waals surface area contributed by atoms with Gasteiger partial charge >= 0.3 is 6.09 Å². The summed E-state index contributed by atoms with van der Waals surface area (Å²) in [6, 6.07) is 0. The highest BCUT2D eigenvalue weighted by Gasteiger charge is 2.46. The first-order valence-electron chi connectivity index (χ1n) is 9.64. The van der Waals surface area contributed by atoms with E-state index in [1.165, 1.54) is 17.0 Å². The van der Waals surface area contributed by atoms with Gasteiger partial charge in [-0.2, -0.15) is 0 Å². The number of sulfonamides is 1. The van der Waals surface area contributed by atoms with Crippen LogP contribution in [0.1, 0.15) is 56.6 Å². The summed E-state index contributed by atoms with van der Waals surface area (Å²) in [6.07, 6.45) is 10.9. The smallest absolute Gasteiger partial charge is 0.416 e. The second kappa shape index (κ2) is 7.01. The quantitative estimate of drug-likeness (QED) is 0.781. The lowest BCUT2D eigenvalue weighted by molar-refractivity contribution is 0.0260. The van der Waals surface area contributed by atoms with E-state index in [0.717, 1.165) is 44.2 Å². The third-order valence-corrected chi connectivity index (χ3v) is 7.19. The Hall–Kier alpha value is -1.74. The molecule has 1 amide bonds. The van der Waals surface area contributed by atoms with Crippen LogP contribution in [0.2, 0.25) is 0 Å². The van der Waals surface area contributed by atoms with Crippen molar-refractivity contribution in [1.82, 2.24) is 14.3 Å². The van der Waals surface area contributed by atoms with Crippen molar-refractivity contribution in [3.8, 4) is 0 Å². The molecule has 148 valence electrons. The van der Waals surface area contributed by atoms with E-state index in [-0.39, 0.29) is 17.6 Å². The molecule has 0 bridgehead atoms. The Balaban J connectivity index is 1.53. The Morgan fingerprint density at radius 2 is 1.96 bits per heavy atom. The molecule has 3 heterocycles. The molecule has 3 aliphatic rings. The summed E-state index contributed by atoms with van der Waals surface area (Å²) in [7, 11) is -3.22. The number of nitrogens with zero attached hydrogens (tertiary/aromatic N) is 4. The van der Waals surface area contributed by atoms with E-state index in [0.29, 0.717) is 25.5 Å². The Labute approximate surface area is 160 Å². The van der Waals surface area contributed by atoms with Gasteiger partial charge in [0.1, 0.15) is 5.60 Å². The van der Waals surface area contributed by atoms with E-state index in [1.807, 2.05) is 0 Å². The highest BCUT2D eigenvalue weighted by molar-refractivity contribution is 7.88. The van der Waals surface area contributed by atoms with Crippen molar-refractivity contribution in [2.24, 2.45) is 0 Å². The van der Waals surface area contributed by atoms with Crippen molar-refractivity contribution in [2.45, 2.75) is 56.5 Å². The van der Waals surface area contributed by atoms with Crippen molar-refractivity contribution < 1.29 is 17.9 Å². The van der Waals surface area contributed by atoms with Gasteiger partial charge in [0.05, 0.1) is 24.7 Å². The van der Waals surface area contributed by atoms with Crippen LogP contribution in [-0.2, 0) is 14.8 Å². The van der Waals surface area contributed by atoms with E-state index in [9.17, 15) is 13.2 Å². The number of amides is 1. The third-order valence-electron chi connectivity index (χ3n) is 5.92. The fraction of sp³-hybridized carbons (Fsp3) is 0.722. The lowest BCUT2D eigenvalue weighted by Gasteiger charge is -2.31. The normalized spacial score (nSPS) is 26.3. The van der Waals surface area contributed by atoms with Gasteiger partial charge in [-0.25, -0.2) is 22.5 Å². The largest absolute Gasteiger partial charge is 0.441 e. The van der Waals surface area contributed by atoms with Crippen LogP contribution < -0.4 is 4.90 Å². The molecule has 1 aromatic heterocycles. The molecule has 1 spiro atoms. The van der Waals surface area contributed by atoms with Crippen LogP contribution in [0.25, 0.3) is 0 Å². The average molecular weight is 394 g/mol. The molecule has 2 saturated heterocycles. The highest BCUT2D eigenvalue weighted by atomic mass is 32.2. The van der Waals surface area contributed by atoms with Crippen molar-refractivity contribution in [1.29, 1.82) is 0 Å². The first-order chi connectivity index (χ1) is 12.9. The Bertz CT molecular complexity index is 822. The number of carbonyl (C=O) groups is 1. The first-order valence-corrected chi connectivity index (χ1v) is 11.5. The minimum Gasteiger partial charge on any atom is -0.441 e. The molecular formula is C18H26N4O4S. The second-order valence-corrected chi connectivity index (χ2v) is 9.94. The second-order valence-electron chi connectivity index (χ2n) is 7.96. The van der Waals surface area contributed by atoms with E-state index in [1.54, 1.807) is 17.3 Å². The van der Waals surface area contributed by atoms with Gasteiger partial charge in [0.15, 0.2) is 5.82 Å². The highest BCUT2D eigenvalue weighted by Crippen LogP contribution is 2.38. The first kappa shape index (κ1) is 18.6. The predicted molar refractivity (Wildman–Crippen MR) is 100 cm³/mol. The molecule has 1 atom stereocenters.